The number of hydrogen-bond donors (Lipinski definition) is 0. The Morgan fingerprint density at radius 2 is 2.00 bits per heavy atom. The summed E-state index contributed by atoms with van der Waals surface area (Å²) in [7, 11) is 0. The van der Waals surface area contributed by atoms with Crippen molar-refractivity contribution in [3.8, 4) is 17.2 Å². The van der Waals surface area contributed by atoms with Crippen LogP contribution in [0.3, 0.4) is 0 Å². The van der Waals surface area contributed by atoms with Crippen LogP contribution in [0.25, 0.3) is 0 Å². The molecule has 0 radical (unpaired) electrons. The van der Waals surface area contributed by atoms with E-state index in [-0.39, 0.29) is 18.7 Å². The molecule has 0 amide bonds. The lowest BCUT2D eigenvalue weighted by Crippen LogP contribution is -2.19. The number of carbonyl (C=O) groups is 1. The molecule has 16 heavy (non-hydrogen) atoms. The summed E-state index contributed by atoms with van der Waals surface area (Å²) < 4.78 is 16.1. The van der Waals surface area contributed by atoms with Gasteiger partial charge in [0.05, 0.1) is 5.56 Å². The lowest BCUT2D eigenvalue weighted by Gasteiger charge is -2.06. The molecule has 4 nitrogen and oxygen atoms in total. The molecule has 1 unspecified atom stereocenters. The van der Waals surface area contributed by atoms with E-state index in [9.17, 15) is 4.79 Å². The molecule has 0 N–H and O–H groups in total. The maximum Gasteiger partial charge on any atom is 0.231 e. The lowest BCUT2D eigenvalue weighted by atomic mass is 10.1. The van der Waals surface area contributed by atoms with Crippen molar-refractivity contribution in [2.75, 3.05) is 6.79 Å². The largest absolute Gasteiger partial charge is 0.481 e. The fourth-order valence-electron chi connectivity index (χ4n) is 2.05. The summed E-state index contributed by atoms with van der Waals surface area (Å²) in [6.07, 6.45) is 1.35. The van der Waals surface area contributed by atoms with Crippen LogP contribution in [0.5, 0.6) is 17.2 Å². The topological polar surface area (TPSA) is 44.8 Å². The van der Waals surface area contributed by atoms with E-state index >= 15 is 0 Å². The summed E-state index contributed by atoms with van der Waals surface area (Å²) >= 11 is 0. The predicted octanol–water partition coefficient (Wildman–Crippen LogP) is 2.16. The van der Waals surface area contributed by atoms with E-state index in [1.165, 1.54) is 0 Å². The summed E-state index contributed by atoms with van der Waals surface area (Å²) in [5, 5.41) is 0. The Kier molecular flexibility index (Phi) is 2.02. The molecule has 0 fully saturated rings. The zero-order valence-electron chi connectivity index (χ0n) is 8.99. The predicted molar refractivity (Wildman–Crippen MR) is 56.2 cm³/mol. The first-order valence-corrected chi connectivity index (χ1v) is 5.44. The molecular formula is C12H12O4. The Balaban J connectivity index is 1.98. The van der Waals surface area contributed by atoms with E-state index in [0.29, 0.717) is 22.8 Å². The molecule has 4 heteroatoms. The van der Waals surface area contributed by atoms with Crippen LogP contribution in [-0.4, -0.2) is 18.7 Å². The van der Waals surface area contributed by atoms with Crippen LogP contribution in [-0.2, 0) is 0 Å². The Morgan fingerprint density at radius 3 is 2.75 bits per heavy atom. The van der Waals surface area contributed by atoms with Gasteiger partial charge in [-0.1, -0.05) is 13.3 Å². The van der Waals surface area contributed by atoms with Gasteiger partial charge in [0.1, 0.15) is 5.75 Å². The van der Waals surface area contributed by atoms with Gasteiger partial charge in [-0.2, -0.15) is 0 Å². The van der Waals surface area contributed by atoms with Crippen molar-refractivity contribution in [2.24, 2.45) is 0 Å². The van der Waals surface area contributed by atoms with Crippen molar-refractivity contribution >= 4 is 5.78 Å². The lowest BCUT2D eigenvalue weighted by molar-refractivity contribution is 0.0844. The van der Waals surface area contributed by atoms with Gasteiger partial charge < -0.3 is 14.2 Å². The second-order valence-electron chi connectivity index (χ2n) is 3.96. The Bertz CT molecular complexity index is 453. The van der Waals surface area contributed by atoms with Gasteiger partial charge in [0.15, 0.2) is 17.6 Å². The van der Waals surface area contributed by atoms with Gasteiger partial charge in [0, 0.05) is 6.07 Å². The molecule has 0 bridgehead atoms. The van der Waals surface area contributed by atoms with Gasteiger partial charge in [0.2, 0.25) is 12.6 Å². The van der Waals surface area contributed by atoms with Crippen LogP contribution < -0.4 is 14.2 Å². The fourth-order valence-corrected chi connectivity index (χ4v) is 2.05. The highest BCUT2D eigenvalue weighted by Gasteiger charge is 2.34. The highest BCUT2D eigenvalue weighted by Crippen LogP contribution is 2.42. The summed E-state index contributed by atoms with van der Waals surface area (Å²) in [5.41, 5.74) is 0.614. The standard InChI is InChI=1S/C12H12O4/c1-2-3-8-12(13)7-4-10-11(15-6-14-10)5-9(7)16-8/h4-5,8H,2-3,6H2,1H3. The molecule has 1 aromatic carbocycles. The number of hydrogen-bond acceptors (Lipinski definition) is 4. The number of fused-ring (bicyclic) bond motifs is 2. The average molecular weight is 220 g/mol. The molecule has 0 aliphatic carbocycles. The summed E-state index contributed by atoms with van der Waals surface area (Å²) in [5.74, 6) is 1.96. The van der Waals surface area contributed by atoms with E-state index in [0.717, 1.165) is 12.8 Å². The van der Waals surface area contributed by atoms with Crippen LogP contribution in [0.15, 0.2) is 12.1 Å². The first kappa shape index (κ1) is 9.51. The van der Waals surface area contributed by atoms with Crippen LogP contribution in [0.1, 0.15) is 30.1 Å². The van der Waals surface area contributed by atoms with Gasteiger partial charge in [-0.05, 0) is 12.5 Å². The Morgan fingerprint density at radius 1 is 1.25 bits per heavy atom. The van der Waals surface area contributed by atoms with E-state index in [1.807, 2.05) is 6.92 Å². The molecule has 0 saturated carbocycles. The summed E-state index contributed by atoms with van der Waals surface area (Å²) in [6, 6.07) is 3.46. The zero-order chi connectivity index (χ0) is 11.1. The second-order valence-corrected chi connectivity index (χ2v) is 3.96. The second kappa shape index (κ2) is 3.40. The minimum absolute atomic E-state index is 0.0511. The monoisotopic (exact) mass is 220 g/mol. The van der Waals surface area contributed by atoms with Gasteiger partial charge >= 0.3 is 0 Å². The van der Waals surface area contributed by atoms with Crippen LogP contribution >= 0.6 is 0 Å². The molecule has 1 atom stereocenters. The number of ketones is 1. The third-order valence-corrected chi connectivity index (χ3v) is 2.85. The molecular weight excluding hydrogens is 208 g/mol. The Hall–Kier alpha value is -1.71. The van der Waals surface area contributed by atoms with E-state index in [4.69, 9.17) is 14.2 Å². The van der Waals surface area contributed by atoms with Crippen molar-refractivity contribution in [1.82, 2.24) is 0 Å². The van der Waals surface area contributed by atoms with Crippen LogP contribution in [0.2, 0.25) is 0 Å². The summed E-state index contributed by atoms with van der Waals surface area (Å²) in [4.78, 5) is 12.0. The molecule has 0 spiro atoms. The van der Waals surface area contributed by atoms with Crippen molar-refractivity contribution in [2.45, 2.75) is 25.9 Å². The Labute approximate surface area is 93.1 Å². The number of carbonyl (C=O) groups excluding carboxylic acids is 1. The minimum Gasteiger partial charge on any atom is -0.481 e. The molecule has 84 valence electrons. The molecule has 2 aliphatic heterocycles. The fraction of sp³-hybridized carbons (Fsp3) is 0.417. The van der Waals surface area contributed by atoms with Crippen molar-refractivity contribution in [3.05, 3.63) is 17.7 Å². The van der Waals surface area contributed by atoms with Crippen LogP contribution in [0.4, 0.5) is 0 Å². The van der Waals surface area contributed by atoms with E-state index < -0.39 is 0 Å². The average Bonchev–Trinajstić information content (AvgIpc) is 2.83. The zero-order valence-corrected chi connectivity index (χ0v) is 8.99. The van der Waals surface area contributed by atoms with Crippen molar-refractivity contribution < 1.29 is 19.0 Å². The number of rotatable bonds is 2. The molecule has 2 heterocycles. The minimum atomic E-state index is -0.331. The highest BCUT2D eigenvalue weighted by molar-refractivity contribution is 6.05. The first-order chi connectivity index (χ1) is 7.79. The van der Waals surface area contributed by atoms with Gasteiger partial charge in [-0.15, -0.1) is 0 Å². The number of benzene rings is 1. The molecule has 1 aromatic rings. The normalized spacial score (nSPS) is 20.8. The smallest absolute Gasteiger partial charge is 0.231 e. The van der Waals surface area contributed by atoms with E-state index in [1.54, 1.807) is 12.1 Å². The first-order valence-electron chi connectivity index (χ1n) is 5.44. The molecule has 2 aliphatic rings. The quantitative estimate of drug-likeness (QED) is 0.766. The van der Waals surface area contributed by atoms with Crippen molar-refractivity contribution in [1.29, 1.82) is 0 Å². The van der Waals surface area contributed by atoms with Gasteiger partial charge in [0.25, 0.3) is 0 Å². The SMILES string of the molecule is CCCC1Oc2cc3c(cc2C1=O)OCO3. The molecule has 0 aromatic heterocycles. The molecule has 3 rings (SSSR count). The highest BCUT2D eigenvalue weighted by atomic mass is 16.7. The van der Waals surface area contributed by atoms with Gasteiger partial charge in [-0.3, -0.25) is 4.79 Å². The number of ether oxygens (including phenoxy) is 3. The van der Waals surface area contributed by atoms with Gasteiger partial charge in [-0.25, -0.2) is 0 Å². The maximum atomic E-state index is 12.0. The third-order valence-electron chi connectivity index (χ3n) is 2.85. The summed E-state index contributed by atoms with van der Waals surface area (Å²) in [6.45, 7) is 2.25. The third kappa shape index (κ3) is 1.26. The van der Waals surface area contributed by atoms with Crippen molar-refractivity contribution in [3.63, 3.8) is 0 Å². The maximum absolute atomic E-state index is 12.0. The number of Topliss-reactive ketones (excluding diaryl/α,β-unsaturated/α-hetero) is 1. The van der Waals surface area contributed by atoms with Crippen LogP contribution in [0, 0.1) is 0 Å². The molecule has 0 saturated heterocycles. The van der Waals surface area contributed by atoms with E-state index in [2.05, 4.69) is 0 Å².